The number of para-hydroxylation sites is 1. The van der Waals surface area contributed by atoms with Crippen LogP contribution in [0.2, 0.25) is 5.28 Å². The maximum Gasteiger partial charge on any atom is 0.246 e. The van der Waals surface area contributed by atoms with Crippen molar-refractivity contribution in [2.75, 3.05) is 0 Å². The van der Waals surface area contributed by atoms with Crippen LogP contribution in [-0.2, 0) is 0 Å². The fourth-order valence-corrected chi connectivity index (χ4v) is 2.50. The fourth-order valence-electron chi connectivity index (χ4n) is 2.34. The smallest absolute Gasteiger partial charge is 0.246 e. The Morgan fingerprint density at radius 2 is 1.71 bits per heavy atom. The molecule has 0 saturated heterocycles. The molecule has 118 valence electrons. The predicted molar refractivity (Wildman–Crippen MR) is 87.7 cm³/mol. The molecule has 0 fully saturated rings. The van der Waals surface area contributed by atoms with Crippen molar-refractivity contribution in [3.63, 3.8) is 0 Å². The van der Waals surface area contributed by atoms with E-state index in [1.54, 1.807) is 24.3 Å². The van der Waals surface area contributed by atoms with Crippen LogP contribution in [0.5, 0.6) is 11.6 Å². The van der Waals surface area contributed by atoms with Crippen LogP contribution in [-0.4, -0.2) is 19.8 Å². The summed E-state index contributed by atoms with van der Waals surface area (Å²) in [5.41, 5.74) is 2.20. The largest absolute Gasteiger partial charge is 0.437 e. The van der Waals surface area contributed by atoms with Crippen molar-refractivity contribution >= 4 is 17.2 Å². The highest BCUT2D eigenvalue weighted by Crippen LogP contribution is 2.32. The molecule has 7 heteroatoms. The number of aromatic nitrogens is 4. The van der Waals surface area contributed by atoms with E-state index >= 15 is 0 Å². The lowest BCUT2D eigenvalue weighted by atomic mass is 10.0. The molecule has 0 aliphatic heterocycles. The summed E-state index contributed by atoms with van der Waals surface area (Å²) >= 11 is 5.93. The summed E-state index contributed by atoms with van der Waals surface area (Å²) in [5.74, 6) is 0.658. The molecule has 5 nitrogen and oxygen atoms in total. The van der Waals surface area contributed by atoms with Crippen molar-refractivity contribution in [1.29, 1.82) is 0 Å². The summed E-state index contributed by atoms with van der Waals surface area (Å²) in [4.78, 5) is 0. The summed E-state index contributed by atoms with van der Waals surface area (Å²) in [6.07, 6.45) is 0. The van der Waals surface area contributed by atoms with E-state index in [1.165, 1.54) is 16.6 Å². The van der Waals surface area contributed by atoms with E-state index in [0.29, 0.717) is 17.3 Å². The van der Waals surface area contributed by atoms with Gasteiger partial charge in [0.05, 0.1) is 0 Å². The Morgan fingerprint density at radius 3 is 2.54 bits per heavy atom. The van der Waals surface area contributed by atoms with E-state index in [-0.39, 0.29) is 11.1 Å². The molecule has 0 atom stereocenters. The van der Waals surface area contributed by atoms with Crippen molar-refractivity contribution in [1.82, 2.24) is 19.8 Å². The van der Waals surface area contributed by atoms with Gasteiger partial charge in [-0.2, -0.15) is 4.52 Å². The van der Waals surface area contributed by atoms with E-state index in [4.69, 9.17) is 16.3 Å². The molecule has 0 aliphatic rings. The van der Waals surface area contributed by atoms with Crippen LogP contribution >= 0.6 is 11.6 Å². The summed E-state index contributed by atoms with van der Waals surface area (Å²) in [5, 5.41) is 12.0. The second kappa shape index (κ2) is 5.90. The second-order valence-electron chi connectivity index (χ2n) is 5.02. The standard InChI is InChI=1S/C17H10ClFN4O/c18-17-21-20-15-9-10-16(22-23(15)17)24-14-4-2-1-3-13(14)11-5-7-12(19)8-6-11/h1-10H. The average molecular weight is 341 g/mol. The van der Waals surface area contributed by atoms with Gasteiger partial charge in [-0.05, 0) is 41.4 Å². The number of ether oxygens (including phenoxy) is 1. The Labute approximate surface area is 141 Å². The zero-order valence-corrected chi connectivity index (χ0v) is 13.0. The first-order chi connectivity index (χ1) is 11.7. The third kappa shape index (κ3) is 2.68. The average Bonchev–Trinajstić information content (AvgIpc) is 2.97. The summed E-state index contributed by atoms with van der Waals surface area (Å²) in [6.45, 7) is 0. The third-order valence-corrected chi connectivity index (χ3v) is 3.69. The monoisotopic (exact) mass is 340 g/mol. The number of benzene rings is 2. The number of hydrogen-bond acceptors (Lipinski definition) is 4. The Kier molecular flexibility index (Phi) is 3.59. The molecule has 0 N–H and O–H groups in total. The maximum absolute atomic E-state index is 13.1. The Balaban J connectivity index is 1.73. The van der Waals surface area contributed by atoms with Gasteiger partial charge in [-0.1, -0.05) is 30.3 Å². The lowest BCUT2D eigenvalue weighted by Gasteiger charge is -2.10. The van der Waals surface area contributed by atoms with E-state index in [1.807, 2.05) is 24.3 Å². The highest BCUT2D eigenvalue weighted by molar-refractivity contribution is 6.28. The molecule has 0 bridgehead atoms. The van der Waals surface area contributed by atoms with Gasteiger partial charge in [-0.3, -0.25) is 0 Å². The first-order valence-electron chi connectivity index (χ1n) is 7.11. The zero-order chi connectivity index (χ0) is 16.5. The van der Waals surface area contributed by atoms with Gasteiger partial charge in [0.15, 0.2) is 5.65 Å². The SMILES string of the molecule is Fc1ccc(-c2ccccc2Oc2ccc3nnc(Cl)n3n2)cc1. The van der Waals surface area contributed by atoms with Gasteiger partial charge in [0.25, 0.3) is 0 Å². The minimum Gasteiger partial charge on any atom is -0.437 e. The third-order valence-electron chi connectivity index (χ3n) is 3.46. The molecule has 0 saturated carbocycles. The van der Waals surface area contributed by atoms with Gasteiger partial charge in [-0.25, -0.2) is 4.39 Å². The highest BCUT2D eigenvalue weighted by Gasteiger charge is 2.10. The van der Waals surface area contributed by atoms with Crippen molar-refractivity contribution in [2.45, 2.75) is 0 Å². The number of nitrogens with zero attached hydrogens (tertiary/aromatic N) is 4. The van der Waals surface area contributed by atoms with Crippen molar-refractivity contribution in [3.05, 3.63) is 71.8 Å². The normalized spacial score (nSPS) is 10.9. The molecule has 4 aromatic rings. The van der Waals surface area contributed by atoms with Crippen LogP contribution in [0.3, 0.4) is 0 Å². The summed E-state index contributed by atoms with van der Waals surface area (Å²) in [7, 11) is 0. The van der Waals surface area contributed by atoms with E-state index in [2.05, 4.69) is 15.3 Å². The fraction of sp³-hybridized carbons (Fsp3) is 0. The Bertz CT molecular complexity index is 1020. The molecule has 4 rings (SSSR count). The summed E-state index contributed by atoms with van der Waals surface area (Å²) in [6, 6.07) is 17.1. The molecule has 0 radical (unpaired) electrons. The molecule has 0 aliphatic carbocycles. The summed E-state index contributed by atoms with van der Waals surface area (Å²) < 4.78 is 20.4. The van der Waals surface area contributed by atoms with Crippen LogP contribution in [0, 0.1) is 5.82 Å². The molecular formula is C17H10ClFN4O. The Hall–Kier alpha value is -2.99. The van der Waals surface area contributed by atoms with Crippen molar-refractivity contribution in [3.8, 4) is 22.8 Å². The molecule has 0 amide bonds. The number of halogens is 2. The molecular weight excluding hydrogens is 331 g/mol. The lowest BCUT2D eigenvalue weighted by molar-refractivity contribution is 0.454. The van der Waals surface area contributed by atoms with Crippen molar-refractivity contribution in [2.24, 2.45) is 0 Å². The van der Waals surface area contributed by atoms with Crippen LogP contribution < -0.4 is 4.74 Å². The number of rotatable bonds is 3. The molecule has 2 heterocycles. The van der Waals surface area contributed by atoms with Gasteiger partial charge in [0.2, 0.25) is 11.2 Å². The topological polar surface area (TPSA) is 52.3 Å². The molecule has 2 aromatic carbocycles. The lowest BCUT2D eigenvalue weighted by Crippen LogP contribution is -1.96. The number of hydrogen-bond donors (Lipinski definition) is 0. The molecule has 0 spiro atoms. The molecule has 2 aromatic heterocycles. The van der Waals surface area contributed by atoms with Gasteiger partial charge in [-0.15, -0.1) is 15.3 Å². The van der Waals surface area contributed by atoms with E-state index < -0.39 is 0 Å². The van der Waals surface area contributed by atoms with Gasteiger partial charge >= 0.3 is 0 Å². The van der Waals surface area contributed by atoms with Crippen LogP contribution in [0.1, 0.15) is 0 Å². The van der Waals surface area contributed by atoms with Crippen LogP contribution in [0.4, 0.5) is 4.39 Å². The van der Waals surface area contributed by atoms with E-state index in [9.17, 15) is 4.39 Å². The van der Waals surface area contributed by atoms with Gasteiger partial charge in [0, 0.05) is 11.6 Å². The van der Waals surface area contributed by atoms with Gasteiger partial charge < -0.3 is 4.74 Å². The van der Waals surface area contributed by atoms with Crippen molar-refractivity contribution < 1.29 is 9.13 Å². The second-order valence-corrected chi connectivity index (χ2v) is 5.35. The highest BCUT2D eigenvalue weighted by atomic mass is 35.5. The Morgan fingerprint density at radius 1 is 0.917 bits per heavy atom. The first kappa shape index (κ1) is 14.6. The predicted octanol–water partition coefficient (Wildman–Crippen LogP) is 4.38. The minimum absolute atomic E-state index is 0.155. The quantitative estimate of drug-likeness (QED) is 0.555. The maximum atomic E-state index is 13.1. The molecule has 24 heavy (non-hydrogen) atoms. The zero-order valence-electron chi connectivity index (χ0n) is 12.2. The van der Waals surface area contributed by atoms with Crippen LogP contribution in [0.15, 0.2) is 60.7 Å². The van der Waals surface area contributed by atoms with E-state index in [0.717, 1.165) is 11.1 Å². The van der Waals surface area contributed by atoms with Gasteiger partial charge in [0.1, 0.15) is 11.6 Å². The minimum atomic E-state index is -0.286. The molecule has 0 unspecified atom stereocenters. The number of fused-ring (bicyclic) bond motifs is 1. The van der Waals surface area contributed by atoms with Crippen LogP contribution in [0.25, 0.3) is 16.8 Å². The first-order valence-corrected chi connectivity index (χ1v) is 7.49.